The molecule has 0 bridgehead atoms. The zero-order valence-electron chi connectivity index (χ0n) is 10.7. The van der Waals surface area contributed by atoms with Gasteiger partial charge in [0, 0.05) is 5.56 Å². The van der Waals surface area contributed by atoms with Crippen molar-refractivity contribution in [2.75, 3.05) is 12.3 Å². The van der Waals surface area contributed by atoms with Crippen molar-refractivity contribution in [3.05, 3.63) is 35.4 Å². The molecule has 1 aliphatic rings. The molecule has 0 radical (unpaired) electrons. The van der Waals surface area contributed by atoms with Crippen LogP contribution in [0.4, 0.5) is 5.69 Å². The molecule has 0 unspecified atom stereocenters. The summed E-state index contributed by atoms with van der Waals surface area (Å²) in [6.45, 7) is 2.48. The number of nitrogen functional groups attached to an aromatic ring is 1. The number of nitrogens with two attached hydrogens (primary N) is 1. The summed E-state index contributed by atoms with van der Waals surface area (Å²) in [5, 5.41) is 0. The highest BCUT2D eigenvalue weighted by atomic mass is 16.5. The number of hydrogen-bond donors (Lipinski definition) is 1. The van der Waals surface area contributed by atoms with Crippen molar-refractivity contribution in [3.63, 3.8) is 0 Å². The minimum atomic E-state index is 0.101. The first kappa shape index (κ1) is 12.7. The lowest BCUT2D eigenvalue weighted by atomic mass is 9.93. The van der Waals surface area contributed by atoms with Crippen molar-refractivity contribution in [1.29, 1.82) is 0 Å². The van der Waals surface area contributed by atoms with E-state index in [9.17, 15) is 4.79 Å². The molecule has 0 spiro atoms. The van der Waals surface area contributed by atoms with Gasteiger partial charge in [0.05, 0.1) is 12.3 Å². The highest BCUT2D eigenvalue weighted by Gasteiger charge is 2.15. The largest absolute Gasteiger partial charge is 0.492 e. The van der Waals surface area contributed by atoms with E-state index in [2.05, 4.69) is 6.08 Å². The first-order chi connectivity index (χ1) is 8.72. The summed E-state index contributed by atoms with van der Waals surface area (Å²) in [5.41, 5.74) is 7.98. The van der Waals surface area contributed by atoms with Gasteiger partial charge < -0.3 is 10.5 Å². The van der Waals surface area contributed by atoms with Crippen molar-refractivity contribution in [2.45, 2.75) is 32.6 Å². The van der Waals surface area contributed by atoms with E-state index in [1.165, 1.54) is 6.42 Å². The number of Topliss-reactive ketones (excluding diaryl/α,β-unsaturated/α-hetero) is 1. The fourth-order valence-corrected chi connectivity index (χ4v) is 2.21. The normalized spacial score (nSPS) is 15.1. The lowest BCUT2D eigenvalue weighted by Gasteiger charge is -2.13. The molecule has 18 heavy (non-hydrogen) atoms. The van der Waals surface area contributed by atoms with Gasteiger partial charge in [0.2, 0.25) is 0 Å². The van der Waals surface area contributed by atoms with Gasteiger partial charge in [-0.15, -0.1) is 0 Å². The summed E-state index contributed by atoms with van der Waals surface area (Å²) >= 11 is 0. The molecule has 1 aliphatic carbocycles. The van der Waals surface area contributed by atoms with Crippen LogP contribution < -0.4 is 10.5 Å². The summed E-state index contributed by atoms with van der Waals surface area (Å²) < 4.78 is 5.37. The molecular formula is C15H19NO2. The van der Waals surface area contributed by atoms with Gasteiger partial charge in [0.1, 0.15) is 5.75 Å². The SMILES string of the molecule is CCOc1ccc(C(=O)C2=CCCCC2)cc1N. The summed E-state index contributed by atoms with van der Waals surface area (Å²) in [5.74, 6) is 0.746. The van der Waals surface area contributed by atoms with E-state index < -0.39 is 0 Å². The fraction of sp³-hybridized carbons (Fsp3) is 0.400. The topological polar surface area (TPSA) is 52.3 Å². The highest BCUT2D eigenvalue weighted by Crippen LogP contribution is 2.26. The van der Waals surface area contributed by atoms with Crippen LogP contribution in [0.2, 0.25) is 0 Å². The number of anilines is 1. The van der Waals surface area contributed by atoms with Crippen LogP contribution in [-0.4, -0.2) is 12.4 Å². The highest BCUT2D eigenvalue weighted by molar-refractivity contribution is 6.09. The zero-order chi connectivity index (χ0) is 13.0. The molecule has 0 aromatic heterocycles. The summed E-state index contributed by atoms with van der Waals surface area (Å²) in [6, 6.07) is 5.28. The van der Waals surface area contributed by atoms with Gasteiger partial charge in [0.15, 0.2) is 5.78 Å². The van der Waals surface area contributed by atoms with Crippen LogP contribution in [0, 0.1) is 0 Å². The smallest absolute Gasteiger partial charge is 0.188 e. The van der Waals surface area contributed by atoms with E-state index >= 15 is 0 Å². The Balaban J connectivity index is 2.20. The lowest BCUT2D eigenvalue weighted by Crippen LogP contribution is -2.07. The van der Waals surface area contributed by atoms with Crippen LogP contribution in [0.25, 0.3) is 0 Å². The first-order valence-electron chi connectivity index (χ1n) is 6.48. The van der Waals surface area contributed by atoms with Gasteiger partial charge >= 0.3 is 0 Å². The van der Waals surface area contributed by atoms with Gasteiger partial charge in [-0.3, -0.25) is 4.79 Å². The number of rotatable bonds is 4. The lowest BCUT2D eigenvalue weighted by molar-refractivity contribution is 0.102. The molecular weight excluding hydrogens is 226 g/mol. The molecule has 0 atom stereocenters. The van der Waals surface area contributed by atoms with Gasteiger partial charge in [0.25, 0.3) is 0 Å². The molecule has 3 heteroatoms. The van der Waals surface area contributed by atoms with E-state index in [4.69, 9.17) is 10.5 Å². The predicted molar refractivity (Wildman–Crippen MR) is 72.9 cm³/mol. The van der Waals surface area contributed by atoms with Crippen molar-refractivity contribution in [3.8, 4) is 5.75 Å². The van der Waals surface area contributed by atoms with E-state index in [0.717, 1.165) is 24.8 Å². The molecule has 0 amide bonds. The minimum absolute atomic E-state index is 0.101. The van der Waals surface area contributed by atoms with Gasteiger partial charge in [-0.05, 0) is 56.4 Å². The van der Waals surface area contributed by atoms with E-state index in [-0.39, 0.29) is 5.78 Å². The third-order valence-corrected chi connectivity index (χ3v) is 3.15. The van der Waals surface area contributed by atoms with Crippen LogP contribution in [0.3, 0.4) is 0 Å². The second kappa shape index (κ2) is 5.71. The molecule has 0 fully saturated rings. The maximum absolute atomic E-state index is 12.3. The van der Waals surface area contributed by atoms with E-state index in [1.54, 1.807) is 18.2 Å². The first-order valence-corrected chi connectivity index (χ1v) is 6.48. The van der Waals surface area contributed by atoms with E-state index in [1.807, 2.05) is 6.92 Å². The molecule has 0 saturated heterocycles. The van der Waals surface area contributed by atoms with Crippen LogP contribution >= 0.6 is 0 Å². The Morgan fingerprint density at radius 2 is 2.22 bits per heavy atom. The number of hydrogen-bond acceptors (Lipinski definition) is 3. The number of carbonyl (C=O) groups is 1. The second-order valence-corrected chi connectivity index (χ2v) is 4.49. The Hall–Kier alpha value is -1.77. The minimum Gasteiger partial charge on any atom is -0.492 e. The molecule has 0 saturated carbocycles. The predicted octanol–water partition coefficient (Wildman–Crippen LogP) is 3.35. The molecule has 2 N–H and O–H groups in total. The average Bonchev–Trinajstić information content (AvgIpc) is 2.41. The molecule has 1 aromatic carbocycles. The number of carbonyl (C=O) groups excluding carboxylic acids is 1. The summed E-state index contributed by atoms with van der Waals surface area (Å²) in [7, 11) is 0. The molecule has 3 nitrogen and oxygen atoms in total. The number of allylic oxidation sites excluding steroid dienone is 2. The Labute approximate surface area is 108 Å². The third kappa shape index (κ3) is 2.73. The standard InChI is InChI=1S/C15H19NO2/c1-2-18-14-9-8-12(10-13(14)16)15(17)11-6-4-3-5-7-11/h6,8-10H,2-5,7,16H2,1H3. The van der Waals surface area contributed by atoms with E-state index in [0.29, 0.717) is 23.6 Å². The fourth-order valence-electron chi connectivity index (χ4n) is 2.21. The van der Waals surface area contributed by atoms with Gasteiger partial charge in [-0.25, -0.2) is 0 Å². The Bertz CT molecular complexity index is 477. The van der Waals surface area contributed by atoms with Crippen molar-refractivity contribution < 1.29 is 9.53 Å². The average molecular weight is 245 g/mol. The number of ether oxygens (including phenoxy) is 1. The van der Waals surface area contributed by atoms with Crippen LogP contribution in [0.1, 0.15) is 43.0 Å². The molecule has 0 aliphatic heterocycles. The Morgan fingerprint density at radius 3 is 2.83 bits per heavy atom. The van der Waals surface area contributed by atoms with Crippen molar-refractivity contribution in [1.82, 2.24) is 0 Å². The zero-order valence-corrected chi connectivity index (χ0v) is 10.7. The van der Waals surface area contributed by atoms with Crippen LogP contribution in [0.15, 0.2) is 29.8 Å². The van der Waals surface area contributed by atoms with Gasteiger partial charge in [-0.2, -0.15) is 0 Å². The Kier molecular flexibility index (Phi) is 4.03. The summed E-state index contributed by atoms with van der Waals surface area (Å²) in [6.07, 6.45) is 6.23. The summed E-state index contributed by atoms with van der Waals surface area (Å²) in [4.78, 5) is 12.3. The second-order valence-electron chi connectivity index (χ2n) is 4.49. The quantitative estimate of drug-likeness (QED) is 0.653. The Morgan fingerprint density at radius 1 is 1.39 bits per heavy atom. The van der Waals surface area contributed by atoms with Crippen molar-refractivity contribution >= 4 is 11.5 Å². The third-order valence-electron chi connectivity index (χ3n) is 3.15. The number of ketones is 1. The monoisotopic (exact) mass is 245 g/mol. The molecule has 0 heterocycles. The maximum Gasteiger partial charge on any atom is 0.188 e. The van der Waals surface area contributed by atoms with Crippen molar-refractivity contribution in [2.24, 2.45) is 0 Å². The molecule has 2 rings (SSSR count). The van der Waals surface area contributed by atoms with Crippen LogP contribution in [0.5, 0.6) is 5.75 Å². The maximum atomic E-state index is 12.3. The van der Waals surface area contributed by atoms with Gasteiger partial charge in [-0.1, -0.05) is 6.08 Å². The van der Waals surface area contributed by atoms with Crippen LogP contribution in [-0.2, 0) is 0 Å². The molecule has 1 aromatic rings. The number of benzene rings is 1. The molecule has 96 valence electrons.